The molecule has 17 nitrogen and oxygen atoms in total. The Hall–Kier alpha value is -4.98. The smallest absolute Gasteiger partial charge is 0.409 e. The third kappa shape index (κ3) is 11.8. The number of aliphatic hydroxyl groups is 3. The lowest BCUT2D eigenvalue weighted by Gasteiger charge is -2.42. The van der Waals surface area contributed by atoms with Gasteiger partial charge in [0.05, 0.1) is 42.2 Å². The van der Waals surface area contributed by atoms with Gasteiger partial charge in [0.15, 0.2) is 5.72 Å². The third-order valence-corrected chi connectivity index (χ3v) is 13.5. The van der Waals surface area contributed by atoms with E-state index in [0.717, 1.165) is 11.1 Å². The Labute approximate surface area is 381 Å². The van der Waals surface area contributed by atoms with Crippen molar-refractivity contribution in [1.29, 1.82) is 0 Å². The molecule has 0 aromatic heterocycles. The van der Waals surface area contributed by atoms with Crippen molar-refractivity contribution in [2.45, 2.75) is 95.7 Å². The normalized spacial score (nSPS) is 27.6. The van der Waals surface area contributed by atoms with E-state index >= 15 is 0 Å². The van der Waals surface area contributed by atoms with Gasteiger partial charge in [-0.1, -0.05) is 48.4 Å². The number of nitrogens with zero attached hydrogens (tertiary/aromatic N) is 2. The molecule has 2 fully saturated rings. The Balaban J connectivity index is 1.33. The number of rotatable bonds is 12. The zero-order valence-corrected chi connectivity index (χ0v) is 38.6. The molecule has 5 amide bonds. The first-order valence-corrected chi connectivity index (χ1v) is 22.5. The summed E-state index contributed by atoms with van der Waals surface area (Å²) in [5, 5.41) is 40.2. The minimum atomic E-state index is -1.90. The van der Waals surface area contributed by atoms with Crippen LogP contribution in [-0.4, -0.2) is 131 Å². The molecule has 5 rings (SSSR count). The Morgan fingerprint density at radius 1 is 1.16 bits per heavy atom. The van der Waals surface area contributed by atoms with Crippen molar-refractivity contribution in [3.05, 3.63) is 81.9 Å². The third-order valence-electron chi connectivity index (χ3n) is 12.1. The molecular weight excluding hydrogens is 870 g/mol. The molecule has 3 heterocycles. The number of fused-ring (bicyclic) bond motifs is 5. The zero-order valence-electron chi connectivity index (χ0n) is 37.0. The first-order valence-electron chi connectivity index (χ1n) is 20.9. The van der Waals surface area contributed by atoms with Crippen molar-refractivity contribution in [3.63, 3.8) is 0 Å². The number of ether oxygens (including phenoxy) is 3. The number of benzene rings is 2. The molecule has 348 valence electrons. The Morgan fingerprint density at radius 3 is 2.52 bits per heavy atom. The first kappa shape index (κ1) is 50.0. The highest BCUT2D eigenvalue weighted by Crippen LogP contribution is 2.49. The number of aliphatic hydroxyl groups excluding tert-OH is 2. The number of alkyl carbamates (subject to hydrolysis) is 1. The molecule has 0 unspecified atom stereocenters. The lowest BCUT2D eigenvalue weighted by molar-refractivity contribution is -0.161. The van der Waals surface area contributed by atoms with Gasteiger partial charge in [0, 0.05) is 62.8 Å². The molecule has 64 heavy (non-hydrogen) atoms. The fraction of sp³-hybridized carbons (Fsp3) is 0.511. The number of hydrogen-bond donors (Lipinski definition) is 6. The maximum atomic E-state index is 14.2. The summed E-state index contributed by atoms with van der Waals surface area (Å²) in [4.78, 5) is 81.2. The van der Waals surface area contributed by atoms with Gasteiger partial charge in [-0.25, -0.2) is 9.59 Å². The summed E-state index contributed by atoms with van der Waals surface area (Å²) in [5.74, 6) is -3.50. The molecule has 2 aromatic rings. The summed E-state index contributed by atoms with van der Waals surface area (Å²) < 4.78 is 18.0. The molecule has 4 bridgehead atoms. The SMILES string of the molecule is CNC(=O)c1ccc(NC(=O)CSCCC(=O)N(C)[C@@H](C)C(=O)O[C@H]2CC(=O)N(C)c3cc(cc(CO)c3Cl)C/C(C)=C/C=C/[C@@H](CO)[C@@]3(O)C[C@H](OC(=O)N3)[C@@H](C)[C@@H]3O[C@@]23C)cc1. The highest BCUT2D eigenvalue weighted by Gasteiger charge is 2.64. The number of hydrogen-bond acceptors (Lipinski definition) is 13. The van der Waals surface area contributed by atoms with Gasteiger partial charge in [0.2, 0.25) is 17.7 Å². The maximum absolute atomic E-state index is 14.2. The molecule has 0 saturated carbocycles. The molecule has 8 atom stereocenters. The van der Waals surface area contributed by atoms with Crippen molar-refractivity contribution in [2.75, 3.05) is 49.5 Å². The number of epoxide rings is 1. The minimum Gasteiger partial charge on any atom is -0.457 e. The average molecular weight is 929 g/mol. The number of likely N-dealkylation sites (N-methyl/N-ethyl adjacent to an activating group) is 1. The minimum absolute atomic E-state index is 0.000766. The standard InChI is InChI=1S/C45H58ClN5O12S/c1-25-9-8-10-31(23-53)45(60)21-34(61-43(59)49-45)26(2)40-44(4,63-40)35(20-38(56)51(7)33-19-28(17-25)18-30(22-52)39(33)46)62-42(58)27(3)50(6)37(55)15-16-64-24-36(54)48-32-13-11-29(12-14-32)41(57)47-5/h8-14,18-19,26-27,31,34-35,40,52-53,60H,15-17,20-24H2,1-7H3,(H,47,57)(H,48,54)(H,49,59)/b10-8+,25-9+/t26-,27+,31+,34+,35+,40+,44+,45+/m1/s1. The molecular formula is C45H58ClN5O12S. The molecule has 0 aliphatic carbocycles. The topological polar surface area (TPSA) is 237 Å². The second kappa shape index (κ2) is 21.3. The summed E-state index contributed by atoms with van der Waals surface area (Å²) in [5.41, 5.74) is 0.0227. The van der Waals surface area contributed by atoms with Crippen LogP contribution >= 0.6 is 23.4 Å². The van der Waals surface area contributed by atoms with Gasteiger partial charge < -0.3 is 50.0 Å². The van der Waals surface area contributed by atoms with Crippen LogP contribution in [0.4, 0.5) is 16.2 Å². The van der Waals surface area contributed by atoms with Crippen molar-refractivity contribution < 1.29 is 58.3 Å². The van der Waals surface area contributed by atoms with Crippen LogP contribution in [0.15, 0.2) is 60.2 Å². The molecule has 2 saturated heterocycles. The van der Waals surface area contributed by atoms with Crippen molar-refractivity contribution in [2.24, 2.45) is 11.8 Å². The fourth-order valence-corrected chi connectivity index (χ4v) is 8.87. The molecule has 0 spiro atoms. The van der Waals surface area contributed by atoms with E-state index < -0.39 is 91.0 Å². The van der Waals surface area contributed by atoms with Crippen molar-refractivity contribution in [1.82, 2.24) is 15.5 Å². The van der Waals surface area contributed by atoms with Gasteiger partial charge in [-0.15, -0.1) is 0 Å². The Kier molecular flexibility index (Phi) is 16.7. The van der Waals surface area contributed by atoms with Gasteiger partial charge in [0.25, 0.3) is 5.91 Å². The van der Waals surface area contributed by atoms with Crippen molar-refractivity contribution in [3.8, 4) is 0 Å². The molecule has 2 aromatic carbocycles. The average Bonchev–Trinajstić information content (AvgIpc) is 3.96. The summed E-state index contributed by atoms with van der Waals surface area (Å²) in [6.07, 6.45) is 1.10. The number of amides is 5. The van der Waals surface area contributed by atoms with E-state index in [1.54, 1.807) is 68.5 Å². The molecule has 0 radical (unpaired) electrons. The van der Waals surface area contributed by atoms with Crippen LogP contribution in [-0.2, 0) is 46.4 Å². The van der Waals surface area contributed by atoms with E-state index in [-0.39, 0.29) is 41.2 Å². The van der Waals surface area contributed by atoms with Crippen LogP contribution in [0.3, 0.4) is 0 Å². The predicted molar refractivity (Wildman–Crippen MR) is 241 cm³/mol. The summed E-state index contributed by atoms with van der Waals surface area (Å²) in [6, 6.07) is 8.75. The lowest BCUT2D eigenvalue weighted by Crippen LogP contribution is -2.62. The van der Waals surface area contributed by atoms with Crippen LogP contribution in [0.2, 0.25) is 5.02 Å². The number of esters is 1. The van der Waals surface area contributed by atoms with E-state index in [9.17, 15) is 44.1 Å². The van der Waals surface area contributed by atoms with Gasteiger partial charge in [-0.05, 0) is 68.7 Å². The van der Waals surface area contributed by atoms with Crippen LogP contribution in [0.5, 0.6) is 0 Å². The Bertz CT molecular complexity index is 2160. The highest BCUT2D eigenvalue weighted by atomic mass is 35.5. The fourth-order valence-electron chi connectivity index (χ4n) is 7.85. The molecule has 19 heteroatoms. The van der Waals surface area contributed by atoms with Gasteiger partial charge in [-0.3, -0.25) is 24.5 Å². The van der Waals surface area contributed by atoms with E-state index in [1.165, 1.54) is 49.6 Å². The molecule has 6 N–H and O–H groups in total. The number of anilines is 2. The van der Waals surface area contributed by atoms with Gasteiger partial charge >= 0.3 is 12.1 Å². The van der Waals surface area contributed by atoms with Crippen molar-refractivity contribution >= 4 is 70.4 Å². The summed E-state index contributed by atoms with van der Waals surface area (Å²) in [6.45, 7) is 5.85. The first-order chi connectivity index (χ1) is 30.2. The van der Waals surface area contributed by atoms with Crippen LogP contribution in [0.1, 0.15) is 68.4 Å². The highest BCUT2D eigenvalue weighted by molar-refractivity contribution is 7.99. The van der Waals surface area contributed by atoms with Crippen LogP contribution < -0.4 is 20.9 Å². The lowest BCUT2D eigenvalue weighted by atomic mass is 9.81. The van der Waals surface area contributed by atoms with E-state index in [4.69, 9.17) is 25.8 Å². The molecule has 3 aliphatic heterocycles. The zero-order chi connectivity index (χ0) is 47.1. The van der Waals surface area contributed by atoms with E-state index in [1.807, 2.05) is 6.92 Å². The monoisotopic (exact) mass is 927 g/mol. The van der Waals surface area contributed by atoms with Gasteiger partial charge in [-0.2, -0.15) is 11.8 Å². The summed E-state index contributed by atoms with van der Waals surface area (Å²) in [7, 11) is 4.49. The number of halogens is 1. The second-order valence-corrected chi connectivity index (χ2v) is 18.1. The largest absolute Gasteiger partial charge is 0.457 e. The van der Waals surface area contributed by atoms with Crippen LogP contribution in [0, 0.1) is 11.8 Å². The van der Waals surface area contributed by atoms with Crippen LogP contribution in [0.25, 0.3) is 0 Å². The van der Waals surface area contributed by atoms with E-state index in [0.29, 0.717) is 28.9 Å². The number of carbonyl (C=O) groups is 6. The summed E-state index contributed by atoms with van der Waals surface area (Å²) >= 11 is 7.97. The number of nitrogens with one attached hydrogen (secondary N) is 3. The number of thioether (sulfide) groups is 1. The van der Waals surface area contributed by atoms with Gasteiger partial charge in [0.1, 0.15) is 23.9 Å². The Morgan fingerprint density at radius 2 is 1.86 bits per heavy atom. The number of carbonyl (C=O) groups excluding carboxylic acids is 6. The molecule has 3 aliphatic rings. The maximum Gasteiger partial charge on any atom is 0.409 e. The quantitative estimate of drug-likeness (QED) is 0.101. The number of allylic oxidation sites excluding steroid dienone is 3. The predicted octanol–water partition coefficient (Wildman–Crippen LogP) is 3.71. The second-order valence-electron chi connectivity index (χ2n) is 16.7. The van der Waals surface area contributed by atoms with E-state index in [2.05, 4.69) is 16.0 Å².